The van der Waals surface area contributed by atoms with E-state index >= 15 is 0 Å². The topological polar surface area (TPSA) is 140 Å². The number of rotatable bonds is 7. The first-order valence-corrected chi connectivity index (χ1v) is 9.86. The minimum atomic E-state index is -1.21. The van der Waals surface area contributed by atoms with Crippen molar-refractivity contribution in [1.29, 1.82) is 0 Å². The summed E-state index contributed by atoms with van der Waals surface area (Å²) < 4.78 is 0. The number of carbonyl (C=O) groups excluding carboxylic acids is 3. The molecule has 158 valence electrons. The van der Waals surface area contributed by atoms with Crippen LogP contribution in [0, 0.1) is 5.92 Å². The Bertz CT molecular complexity index is 621. The fraction of sp³-hybridized carbons (Fsp3) is 0.737. The van der Waals surface area contributed by atoms with Crippen LogP contribution in [0.1, 0.15) is 39.5 Å². The Kier molecular flexibility index (Phi) is 7.97. The van der Waals surface area contributed by atoms with Crippen molar-refractivity contribution in [3.8, 4) is 0 Å². The highest BCUT2D eigenvalue weighted by Gasteiger charge is 2.35. The molecule has 1 aliphatic carbocycles. The molecule has 0 aromatic carbocycles. The molecule has 0 spiro atoms. The summed E-state index contributed by atoms with van der Waals surface area (Å²) in [6.07, 6.45) is 0.959. The van der Waals surface area contributed by atoms with Crippen molar-refractivity contribution in [1.82, 2.24) is 21.3 Å². The molecule has 0 saturated carbocycles. The van der Waals surface area contributed by atoms with Crippen molar-refractivity contribution in [2.75, 3.05) is 13.6 Å². The predicted octanol–water partition coefficient (Wildman–Crippen LogP) is -1.45. The third-order valence-corrected chi connectivity index (χ3v) is 5.14. The highest BCUT2D eigenvalue weighted by Crippen LogP contribution is 2.21. The summed E-state index contributed by atoms with van der Waals surface area (Å²) >= 11 is 0. The van der Waals surface area contributed by atoms with E-state index in [2.05, 4.69) is 21.3 Å². The lowest BCUT2D eigenvalue weighted by Gasteiger charge is -2.32. The van der Waals surface area contributed by atoms with E-state index in [0.717, 1.165) is 6.42 Å². The van der Waals surface area contributed by atoms with Crippen molar-refractivity contribution < 1.29 is 24.6 Å². The average Bonchev–Trinajstić information content (AvgIpc) is 2.64. The summed E-state index contributed by atoms with van der Waals surface area (Å²) in [4.78, 5) is 36.9. The average molecular weight is 396 g/mol. The largest absolute Gasteiger partial charge is 0.390 e. The van der Waals surface area contributed by atoms with E-state index in [0.29, 0.717) is 25.3 Å². The van der Waals surface area contributed by atoms with Gasteiger partial charge in [-0.2, -0.15) is 0 Å². The predicted molar refractivity (Wildman–Crippen MR) is 103 cm³/mol. The summed E-state index contributed by atoms with van der Waals surface area (Å²) in [5.41, 5.74) is 0.242. The van der Waals surface area contributed by atoms with Crippen LogP contribution in [0.2, 0.25) is 0 Å². The molecule has 2 aliphatic rings. The molecule has 9 nitrogen and oxygen atoms in total. The zero-order chi connectivity index (χ0) is 20.8. The molecule has 0 radical (unpaired) electrons. The van der Waals surface area contributed by atoms with Crippen molar-refractivity contribution in [2.45, 2.75) is 69.9 Å². The first kappa shape index (κ1) is 22.3. The van der Waals surface area contributed by atoms with Crippen molar-refractivity contribution >= 4 is 17.7 Å². The lowest BCUT2D eigenvalue weighted by Crippen LogP contribution is -2.55. The van der Waals surface area contributed by atoms with Gasteiger partial charge in [-0.25, -0.2) is 0 Å². The van der Waals surface area contributed by atoms with Gasteiger partial charge in [0.05, 0.1) is 18.2 Å². The van der Waals surface area contributed by atoms with Crippen LogP contribution in [-0.2, 0) is 14.4 Å². The zero-order valence-electron chi connectivity index (χ0n) is 16.7. The number of aliphatic hydroxyl groups excluding tert-OH is 2. The smallest absolute Gasteiger partial charge is 0.247 e. The molecular formula is C19H32N4O5. The Morgan fingerprint density at radius 2 is 2.00 bits per heavy atom. The number of piperidine rings is 1. The Labute approximate surface area is 165 Å². The Morgan fingerprint density at radius 3 is 2.61 bits per heavy atom. The number of nitrogens with one attached hydrogen (secondary N) is 4. The van der Waals surface area contributed by atoms with Crippen LogP contribution in [0.3, 0.4) is 0 Å². The van der Waals surface area contributed by atoms with E-state index in [1.54, 1.807) is 7.05 Å². The van der Waals surface area contributed by atoms with Gasteiger partial charge in [-0.05, 0) is 32.2 Å². The van der Waals surface area contributed by atoms with E-state index in [1.165, 1.54) is 6.08 Å². The van der Waals surface area contributed by atoms with Crippen molar-refractivity contribution in [3.05, 3.63) is 11.6 Å². The Hall–Kier alpha value is -1.97. The number of amides is 3. The first-order chi connectivity index (χ1) is 13.2. The second-order valence-corrected chi connectivity index (χ2v) is 7.92. The Morgan fingerprint density at radius 1 is 1.29 bits per heavy atom. The summed E-state index contributed by atoms with van der Waals surface area (Å²) in [6.45, 7) is 4.59. The molecular weight excluding hydrogens is 364 g/mol. The van der Waals surface area contributed by atoms with E-state index in [-0.39, 0.29) is 23.8 Å². The summed E-state index contributed by atoms with van der Waals surface area (Å²) in [6, 6.07) is -1.94. The number of likely N-dealkylation sites (N-methyl/N-ethyl adjacent to an activating group) is 1. The molecule has 6 N–H and O–H groups in total. The molecule has 1 saturated heterocycles. The quantitative estimate of drug-likeness (QED) is 0.311. The molecule has 9 heteroatoms. The maximum Gasteiger partial charge on any atom is 0.247 e. The van der Waals surface area contributed by atoms with Crippen LogP contribution in [0.25, 0.3) is 0 Å². The van der Waals surface area contributed by atoms with Crippen LogP contribution >= 0.6 is 0 Å². The molecule has 3 amide bonds. The van der Waals surface area contributed by atoms with E-state index in [9.17, 15) is 24.6 Å². The molecule has 0 unspecified atom stereocenters. The maximum atomic E-state index is 12.6. The van der Waals surface area contributed by atoms with Crippen LogP contribution in [0.5, 0.6) is 0 Å². The minimum Gasteiger partial charge on any atom is -0.390 e. The SMILES string of the molecule is CN[C@@H](CC(C)C)C(=O)N[C@@H]1C=C(C(=O)N[C@H]2CCCNC2=O)C[C@@H](O)[C@@H]1O. The van der Waals surface area contributed by atoms with Crippen LogP contribution in [0.4, 0.5) is 0 Å². The normalized spacial score (nSPS) is 28.9. The van der Waals surface area contributed by atoms with Crippen molar-refractivity contribution in [3.63, 3.8) is 0 Å². The number of hydrogen-bond donors (Lipinski definition) is 6. The zero-order valence-corrected chi connectivity index (χ0v) is 16.7. The number of carbonyl (C=O) groups is 3. The maximum absolute atomic E-state index is 12.6. The fourth-order valence-corrected chi connectivity index (χ4v) is 3.52. The lowest BCUT2D eigenvalue weighted by molar-refractivity contribution is -0.129. The molecule has 0 aromatic rings. The van der Waals surface area contributed by atoms with Crippen molar-refractivity contribution in [2.24, 2.45) is 5.92 Å². The van der Waals surface area contributed by atoms with Gasteiger partial charge in [0.2, 0.25) is 17.7 Å². The molecule has 28 heavy (non-hydrogen) atoms. The van der Waals surface area contributed by atoms with Gasteiger partial charge in [0.15, 0.2) is 0 Å². The van der Waals surface area contributed by atoms with Gasteiger partial charge in [0.25, 0.3) is 0 Å². The van der Waals surface area contributed by atoms with Gasteiger partial charge in [-0.1, -0.05) is 19.9 Å². The monoisotopic (exact) mass is 396 g/mol. The van der Waals surface area contributed by atoms with Crippen LogP contribution in [-0.4, -0.2) is 71.9 Å². The standard InChI is InChI=1S/C19H32N4O5/c1-10(2)7-14(20-3)19(28)23-13-8-11(9-15(24)16(13)25)17(26)22-12-5-4-6-21-18(12)27/h8,10,12-16,20,24-25H,4-7,9H2,1-3H3,(H,21,27)(H,22,26)(H,23,28)/t12-,13+,14-,15+,16+/m0/s1. The molecule has 2 rings (SSSR count). The van der Waals surface area contributed by atoms with E-state index < -0.39 is 36.2 Å². The Balaban J connectivity index is 2.07. The summed E-state index contributed by atoms with van der Waals surface area (Å²) in [5.74, 6) is -0.716. The van der Waals surface area contributed by atoms with Gasteiger partial charge >= 0.3 is 0 Å². The second kappa shape index (κ2) is 9.99. The van der Waals surface area contributed by atoms with Gasteiger partial charge in [0, 0.05) is 18.5 Å². The fourth-order valence-electron chi connectivity index (χ4n) is 3.52. The minimum absolute atomic E-state index is 0.0465. The number of aliphatic hydroxyl groups is 2. The first-order valence-electron chi connectivity index (χ1n) is 9.86. The molecule has 0 bridgehead atoms. The van der Waals surface area contributed by atoms with Gasteiger partial charge in [0.1, 0.15) is 12.1 Å². The van der Waals surface area contributed by atoms with E-state index in [4.69, 9.17) is 0 Å². The molecule has 0 aromatic heterocycles. The summed E-state index contributed by atoms with van der Waals surface area (Å²) in [7, 11) is 1.68. The number of hydrogen-bond acceptors (Lipinski definition) is 6. The molecule has 1 heterocycles. The lowest BCUT2D eigenvalue weighted by atomic mass is 9.89. The summed E-state index contributed by atoms with van der Waals surface area (Å²) in [5, 5.41) is 31.4. The van der Waals surface area contributed by atoms with Crippen LogP contribution < -0.4 is 21.3 Å². The highest BCUT2D eigenvalue weighted by atomic mass is 16.3. The molecule has 1 fully saturated rings. The van der Waals surface area contributed by atoms with Gasteiger partial charge < -0.3 is 31.5 Å². The van der Waals surface area contributed by atoms with E-state index in [1.807, 2.05) is 13.8 Å². The third kappa shape index (κ3) is 5.76. The molecule has 5 atom stereocenters. The second-order valence-electron chi connectivity index (χ2n) is 7.92. The van der Waals surface area contributed by atoms with Gasteiger partial charge in [-0.15, -0.1) is 0 Å². The third-order valence-electron chi connectivity index (χ3n) is 5.14. The van der Waals surface area contributed by atoms with Crippen LogP contribution in [0.15, 0.2) is 11.6 Å². The molecule has 1 aliphatic heterocycles. The highest BCUT2D eigenvalue weighted by molar-refractivity contribution is 5.97. The van der Waals surface area contributed by atoms with Gasteiger partial charge in [-0.3, -0.25) is 14.4 Å².